The fraction of sp³-hybridized carbons (Fsp3) is 0.333. The minimum Gasteiger partial charge on any atom is -0.496 e. The van der Waals surface area contributed by atoms with Gasteiger partial charge < -0.3 is 14.8 Å². The molecule has 7 nitrogen and oxygen atoms in total. The Bertz CT molecular complexity index is 916. The third-order valence-electron chi connectivity index (χ3n) is 4.13. The van der Waals surface area contributed by atoms with Crippen LogP contribution in [0.15, 0.2) is 41.3 Å². The minimum absolute atomic E-state index is 0.0907. The van der Waals surface area contributed by atoms with Gasteiger partial charge in [0, 0.05) is 43.6 Å². The van der Waals surface area contributed by atoms with Gasteiger partial charge in [0.25, 0.3) is 5.56 Å². The van der Waals surface area contributed by atoms with E-state index in [1.54, 1.807) is 26.5 Å². The summed E-state index contributed by atoms with van der Waals surface area (Å²) < 4.78 is 12.0. The molecule has 0 aliphatic carbocycles. The molecular weight excluding hydrogens is 320 g/mol. The second kappa shape index (κ2) is 7.50. The molecule has 7 heteroatoms. The van der Waals surface area contributed by atoms with Crippen LogP contribution in [0.2, 0.25) is 0 Å². The third kappa shape index (κ3) is 3.72. The van der Waals surface area contributed by atoms with Crippen LogP contribution in [0, 0.1) is 0 Å². The van der Waals surface area contributed by atoms with Crippen LogP contribution in [0.4, 0.5) is 0 Å². The first-order valence-corrected chi connectivity index (χ1v) is 8.07. The SMILES string of the molecule is COCc1cc(C(C)NCc2cc(=O)n3[nH]ccc3n2)ccc1OC. The molecule has 1 atom stereocenters. The van der Waals surface area contributed by atoms with Gasteiger partial charge in [-0.15, -0.1) is 0 Å². The van der Waals surface area contributed by atoms with Crippen molar-refractivity contribution in [3.05, 3.63) is 63.7 Å². The van der Waals surface area contributed by atoms with Crippen molar-refractivity contribution >= 4 is 5.65 Å². The number of benzene rings is 1. The molecule has 0 saturated carbocycles. The molecule has 2 aromatic heterocycles. The zero-order valence-corrected chi connectivity index (χ0v) is 14.6. The van der Waals surface area contributed by atoms with Crippen LogP contribution < -0.4 is 15.6 Å². The minimum atomic E-state index is -0.119. The maximum atomic E-state index is 12.0. The Labute approximate surface area is 145 Å². The smallest absolute Gasteiger partial charge is 0.272 e. The summed E-state index contributed by atoms with van der Waals surface area (Å²) in [5.74, 6) is 0.811. The van der Waals surface area contributed by atoms with Gasteiger partial charge in [-0.05, 0) is 24.6 Å². The van der Waals surface area contributed by atoms with Gasteiger partial charge in [-0.3, -0.25) is 9.89 Å². The number of hydrogen-bond donors (Lipinski definition) is 2. The fourth-order valence-corrected chi connectivity index (χ4v) is 2.78. The summed E-state index contributed by atoms with van der Waals surface area (Å²) in [6.07, 6.45) is 1.69. The molecule has 0 bridgehead atoms. The second-order valence-corrected chi connectivity index (χ2v) is 5.85. The molecule has 1 unspecified atom stereocenters. The molecule has 0 amide bonds. The molecule has 0 radical (unpaired) electrons. The summed E-state index contributed by atoms with van der Waals surface area (Å²) in [5, 5.41) is 6.24. The Hall–Kier alpha value is -2.64. The van der Waals surface area contributed by atoms with Crippen molar-refractivity contribution in [2.75, 3.05) is 14.2 Å². The summed E-state index contributed by atoms with van der Waals surface area (Å²) in [6.45, 7) is 3.07. The lowest BCUT2D eigenvalue weighted by Gasteiger charge is -2.16. The molecule has 0 spiro atoms. The largest absolute Gasteiger partial charge is 0.496 e. The second-order valence-electron chi connectivity index (χ2n) is 5.85. The lowest BCUT2D eigenvalue weighted by molar-refractivity contribution is 0.181. The van der Waals surface area contributed by atoms with Gasteiger partial charge in [-0.25, -0.2) is 9.50 Å². The van der Waals surface area contributed by atoms with Gasteiger partial charge in [0.15, 0.2) is 5.65 Å². The summed E-state index contributed by atoms with van der Waals surface area (Å²) in [4.78, 5) is 16.5. The summed E-state index contributed by atoms with van der Waals surface area (Å²) >= 11 is 0. The molecule has 1 aromatic carbocycles. The number of nitrogens with one attached hydrogen (secondary N) is 2. The number of aromatic amines is 1. The normalized spacial score (nSPS) is 12.4. The van der Waals surface area contributed by atoms with Gasteiger partial charge in [0.05, 0.1) is 19.4 Å². The first kappa shape index (κ1) is 17.2. The number of ether oxygens (including phenoxy) is 2. The van der Waals surface area contributed by atoms with Crippen LogP contribution in [0.3, 0.4) is 0 Å². The van der Waals surface area contributed by atoms with E-state index in [1.165, 1.54) is 10.6 Å². The van der Waals surface area contributed by atoms with Crippen LogP contribution in [-0.4, -0.2) is 28.8 Å². The molecule has 0 aliphatic rings. The maximum Gasteiger partial charge on any atom is 0.272 e. The van der Waals surface area contributed by atoms with E-state index in [0.29, 0.717) is 24.5 Å². The molecule has 2 N–H and O–H groups in total. The number of rotatable bonds is 7. The zero-order valence-electron chi connectivity index (χ0n) is 14.6. The average molecular weight is 342 g/mol. The number of nitrogens with zero attached hydrogens (tertiary/aromatic N) is 2. The Morgan fingerprint density at radius 1 is 1.28 bits per heavy atom. The van der Waals surface area contributed by atoms with Crippen molar-refractivity contribution in [1.82, 2.24) is 19.9 Å². The van der Waals surface area contributed by atoms with Gasteiger partial charge in [-0.2, -0.15) is 0 Å². The predicted molar refractivity (Wildman–Crippen MR) is 94.8 cm³/mol. The van der Waals surface area contributed by atoms with Crippen molar-refractivity contribution in [2.24, 2.45) is 0 Å². The van der Waals surface area contributed by atoms with Crippen LogP contribution >= 0.6 is 0 Å². The summed E-state index contributed by atoms with van der Waals surface area (Å²) in [5.41, 5.74) is 3.32. The highest BCUT2D eigenvalue weighted by molar-refractivity contribution is 5.38. The first-order chi connectivity index (χ1) is 12.1. The highest BCUT2D eigenvalue weighted by atomic mass is 16.5. The Kier molecular flexibility index (Phi) is 5.16. The van der Waals surface area contributed by atoms with Crippen molar-refractivity contribution in [3.63, 3.8) is 0 Å². The average Bonchev–Trinajstić information content (AvgIpc) is 3.09. The van der Waals surface area contributed by atoms with E-state index in [2.05, 4.69) is 28.4 Å². The van der Waals surface area contributed by atoms with E-state index in [1.807, 2.05) is 12.1 Å². The van der Waals surface area contributed by atoms with E-state index in [9.17, 15) is 4.79 Å². The van der Waals surface area contributed by atoms with Crippen LogP contribution in [0.5, 0.6) is 5.75 Å². The number of H-pyrrole nitrogens is 1. The monoisotopic (exact) mass is 342 g/mol. The first-order valence-electron chi connectivity index (χ1n) is 8.07. The Morgan fingerprint density at radius 2 is 2.12 bits per heavy atom. The lowest BCUT2D eigenvalue weighted by atomic mass is 10.0. The van der Waals surface area contributed by atoms with Crippen molar-refractivity contribution in [1.29, 1.82) is 0 Å². The number of methoxy groups -OCH3 is 2. The van der Waals surface area contributed by atoms with Crippen molar-refractivity contribution in [2.45, 2.75) is 26.1 Å². The fourth-order valence-electron chi connectivity index (χ4n) is 2.78. The highest BCUT2D eigenvalue weighted by Crippen LogP contribution is 2.24. The Morgan fingerprint density at radius 3 is 2.88 bits per heavy atom. The number of aromatic nitrogens is 3. The molecule has 132 valence electrons. The van der Waals surface area contributed by atoms with E-state index < -0.39 is 0 Å². The molecular formula is C18H22N4O3. The molecule has 3 rings (SSSR count). The zero-order chi connectivity index (χ0) is 17.8. The van der Waals surface area contributed by atoms with Gasteiger partial charge in [0.1, 0.15) is 5.75 Å². The van der Waals surface area contributed by atoms with Crippen LogP contribution in [-0.2, 0) is 17.9 Å². The van der Waals surface area contributed by atoms with Crippen molar-refractivity contribution in [3.8, 4) is 5.75 Å². The van der Waals surface area contributed by atoms with Crippen LogP contribution in [0.25, 0.3) is 5.65 Å². The molecule has 0 saturated heterocycles. The van der Waals surface area contributed by atoms with E-state index >= 15 is 0 Å². The van der Waals surface area contributed by atoms with Gasteiger partial charge in [-0.1, -0.05) is 6.07 Å². The maximum absolute atomic E-state index is 12.0. The number of hydrogen-bond acceptors (Lipinski definition) is 5. The summed E-state index contributed by atoms with van der Waals surface area (Å²) in [7, 11) is 3.31. The molecule has 25 heavy (non-hydrogen) atoms. The van der Waals surface area contributed by atoms with E-state index in [4.69, 9.17) is 9.47 Å². The quantitative estimate of drug-likeness (QED) is 0.687. The topological polar surface area (TPSA) is 80.6 Å². The van der Waals surface area contributed by atoms with E-state index in [-0.39, 0.29) is 11.6 Å². The molecule has 3 aromatic rings. The van der Waals surface area contributed by atoms with E-state index in [0.717, 1.165) is 16.9 Å². The van der Waals surface area contributed by atoms with Crippen molar-refractivity contribution < 1.29 is 9.47 Å². The lowest BCUT2D eigenvalue weighted by Crippen LogP contribution is -2.22. The predicted octanol–water partition coefficient (Wildman–Crippen LogP) is 2.03. The number of fused-ring (bicyclic) bond motifs is 1. The molecule has 2 heterocycles. The molecule has 0 fully saturated rings. The van der Waals surface area contributed by atoms with Gasteiger partial charge in [0.2, 0.25) is 0 Å². The highest BCUT2D eigenvalue weighted by Gasteiger charge is 2.11. The summed E-state index contributed by atoms with van der Waals surface area (Å²) in [6, 6.07) is 9.43. The Balaban J connectivity index is 1.74. The van der Waals surface area contributed by atoms with Crippen LogP contribution in [0.1, 0.15) is 29.8 Å². The van der Waals surface area contributed by atoms with Gasteiger partial charge >= 0.3 is 0 Å². The third-order valence-corrected chi connectivity index (χ3v) is 4.13. The standard InChI is InChI=1S/C18H22N4O3/c1-12(13-4-5-16(25-3)14(8-13)11-24-2)19-10-15-9-18(23)22-17(21-15)6-7-20-22/h4-9,12,19-20H,10-11H2,1-3H3. The molecule has 0 aliphatic heterocycles.